The van der Waals surface area contributed by atoms with Crippen molar-refractivity contribution < 1.29 is 18.7 Å². The summed E-state index contributed by atoms with van der Waals surface area (Å²) in [5, 5.41) is 4.06. The van der Waals surface area contributed by atoms with Gasteiger partial charge in [0.1, 0.15) is 5.76 Å². The van der Waals surface area contributed by atoms with E-state index in [4.69, 9.17) is 32.4 Å². The molecule has 2 aromatic heterocycles. The van der Waals surface area contributed by atoms with Crippen LogP contribution in [0.3, 0.4) is 0 Å². The van der Waals surface area contributed by atoms with Crippen LogP contribution in [0.4, 0.5) is 5.13 Å². The van der Waals surface area contributed by atoms with Crippen LogP contribution in [0, 0.1) is 0 Å². The van der Waals surface area contributed by atoms with E-state index in [1.54, 1.807) is 48.5 Å². The van der Waals surface area contributed by atoms with Gasteiger partial charge >= 0.3 is 5.97 Å². The minimum absolute atomic E-state index is 0.116. The fourth-order valence-electron chi connectivity index (χ4n) is 2.95. The van der Waals surface area contributed by atoms with Gasteiger partial charge in [-0.05, 0) is 55.0 Å². The molecule has 0 aliphatic carbocycles. The van der Waals surface area contributed by atoms with Crippen LogP contribution in [-0.2, 0) is 4.74 Å². The van der Waals surface area contributed by atoms with Crippen molar-refractivity contribution in [3.63, 3.8) is 0 Å². The zero-order chi connectivity index (χ0) is 22.7. The number of hydrogen-bond acceptors (Lipinski definition) is 6. The highest BCUT2D eigenvalue weighted by atomic mass is 35.5. The first-order valence-corrected chi connectivity index (χ1v) is 11.5. The molecular weight excluding hydrogens is 471 g/mol. The molecule has 0 atom stereocenters. The summed E-state index contributed by atoms with van der Waals surface area (Å²) in [6.45, 7) is 2.42. The van der Waals surface area contributed by atoms with Gasteiger partial charge in [0, 0.05) is 10.6 Å². The first kappa shape index (κ1) is 22.3. The number of nitrogens with one attached hydrogen (secondary N) is 1. The number of benzene rings is 2. The van der Waals surface area contributed by atoms with Crippen molar-refractivity contribution in [2.24, 2.45) is 0 Å². The van der Waals surface area contributed by atoms with Gasteiger partial charge in [-0.1, -0.05) is 47.9 Å². The summed E-state index contributed by atoms with van der Waals surface area (Å²) in [6, 6.07) is 13.4. The van der Waals surface area contributed by atoms with Crippen molar-refractivity contribution in [1.29, 1.82) is 0 Å². The number of thiazole rings is 1. The van der Waals surface area contributed by atoms with Gasteiger partial charge in [-0.15, -0.1) is 0 Å². The molecular formula is C23H18Cl2N2O4S. The highest BCUT2D eigenvalue weighted by molar-refractivity contribution is 7.22. The summed E-state index contributed by atoms with van der Waals surface area (Å²) < 4.78 is 11.7. The minimum Gasteiger partial charge on any atom is -0.462 e. The van der Waals surface area contributed by atoms with Crippen LogP contribution in [0.2, 0.25) is 10.0 Å². The molecule has 0 fully saturated rings. The number of hydrogen-bond donors (Lipinski definition) is 1. The third-order valence-electron chi connectivity index (χ3n) is 4.60. The van der Waals surface area contributed by atoms with E-state index in [2.05, 4.69) is 10.3 Å². The molecule has 1 amide bonds. The Hall–Kier alpha value is -2.87. The van der Waals surface area contributed by atoms with E-state index in [1.807, 2.05) is 6.92 Å². The van der Waals surface area contributed by atoms with Gasteiger partial charge in [0.15, 0.2) is 10.9 Å². The number of ether oxygens (including phenoxy) is 1. The van der Waals surface area contributed by atoms with Crippen LogP contribution in [-0.4, -0.2) is 23.5 Å². The number of anilines is 1. The van der Waals surface area contributed by atoms with Gasteiger partial charge in [0.2, 0.25) is 0 Å². The van der Waals surface area contributed by atoms with E-state index >= 15 is 0 Å². The average molecular weight is 489 g/mol. The Morgan fingerprint density at radius 2 is 1.97 bits per heavy atom. The van der Waals surface area contributed by atoms with Gasteiger partial charge < -0.3 is 9.15 Å². The van der Waals surface area contributed by atoms with Crippen LogP contribution in [0.1, 0.15) is 40.7 Å². The van der Waals surface area contributed by atoms with Crippen molar-refractivity contribution in [1.82, 2.24) is 4.98 Å². The van der Waals surface area contributed by atoms with Gasteiger partial charge in [-0.2, -0.15) is 0 Å². The normalized spacial score (nSPS) is 11.0. The van der Waals surface area contributed by atoms with E-state index in [-0.39, 0.29) is 11.7 Å². The molecule has 0 saturated carbocycles. The van der Waals surface area contributed by atoms with Crippen LogP contribution in [0.5, 0.6) is 0 Å². The standard InChI is InChI=1S/C23H18Cl2N2O4S/c1-2-3-10-30-22(29)13-4-7-17-20(11-13)32-23(26-17)27-21(28)19-9-8-18(31-19)15-6-5-14(24)12-16(15)25/h4-9,11-12H,2-3,10H2,1H3,(H,26,27,28). The molecule has 1 N–H and O–H groups in total. The van der Waals surface area contributed by atoms with Gasteiger partial charge in [0.05, 0.1) is 27.4 Å². The third-order valence-corrected chi connectivity index (χ3v) is 6.08. The Labute approximate surface area is 198 Å². The molecule has 0 bridgehead atoms. The smallest absolute Gasteiger partial charge is 0.338 e. The predicted octanol–water partition coefficient (Wildman–Crippen LogP) is 7.07. The number of carbonyl (C=O) groups excluding carboxylic acids is 2. The number of amides is 1. The van der Waals surface area contributed by atoms with Gasteiger partial charge in [-0.3, -0.25) is 10.1 Å². The lowest BCUT2D eigenvalue weighted by Crippen LogP contribution is -2.10. The number of carbonyl (C=O) groups is 2. The maximum atomic E-state index is 12.6. The zero-order valence-corrected chi connectivity index (χ0v) is 19.3. The topological polar surface area (TPSA) is 81.4 Å². The maximum absolute atomic E-state index is 12.6. The molecule has 2 aromatic carbocycles. The number of nitrogens with zero attached hydrogens (tertiary/aromatic N) is 1. The summed E-state index contributed by atoms with van der Waals surface area (Å²) in [7, 11) is 0. The van der Waals surface area contributed by atoms with Gasteiger partial charge in [-0.25, -0.2) is 9.78 Å². The lowest BCUT2D eigenvalue weighted by molar-refractivity contribution is 0.0500. The molecule has 9 heteroatoms. The number of rotatable bonds is 7. The van der Waals surface area contributed by atoms with E-state index in [1.165, 1.54) is 11.3 Å². The molecule has 0 aliphatic heterocycles. The molecule has 0 radical (unpaired) electrons. The molecule has 0 unspecified atom stereocenters. The number of esters is 1. The van der Waals surface area contributed by atoms with E-state index in [0.29, 0.717) is 44.2 Å². The summed E-state index contributed by atoms with van der Waals surface area (Å²) in [6.07, 6.45) is 1.78. The number of unbranched alkanes of at least 4 members (excludes halogenated alkanes) is 1. The van der Waals surface area contributed by atoms with E-state index in [0.717, 1.165) is 17.5 Å². The Morgan fingerprint density at radius 1 is 1.12 bits per heavy atom. The molecule has 4 aromatic rings. The third kappa shape index (κ3) is 4.96. The molecule has 164 valence electrons. The number of halogens is 2. The monoisotopic (exact) mass is 488 g/mol. The second kappa shape index (κ2) is 9.73. The van der Waals surface area contributed by atoms with E-state index < -0.39 is 5.91 Å². The second-order valence-electron chi connectivity index (χ2n) is 6.93. The highest BCUT2D eigenvalue weighted by Crippen LogP contribution is 2.32. The lowest BCUT2D eigenvalue weighted by atomic mass is 10.2. The molecule has 4 rings (SSSR count). The lowest BCUT2D eigenvalue weighted by Gasteiger charge is -2.03. The summed E-state index contributed by atoms with van der Waals surface area (Å²) in [4.78, 5) is 29.2. The predicted molar refractivity (Wildman–Crippen MR) is 127 cm³/mol. The Bertz CT molecular complexity index is 1300. The van der Waals surface area contributed by atoms with Gasteiger partial charge in [0.25, 0.3) is 5.91 Å². The maximum Gasteiger partial charge on any atom is 0.338 e. The minimum atomic E-state index is -0.445. The molecule has 0 saturated heterocycles. The van der Waals surface area contributed by atoms with Crippen LogP contribution >= 0.6 is 34.5 Å². The number of fused-ring (bicyclic) bond motifs is 1. The van der Waals surface area contributed by atoms with Crippen LogP contribution in [0.25, 0.3) is 21.5 Å². The second-order valence-corrected chi connectivity index (χ2v) is 8.81. The summed E-state index contributed by atoms with van der Waals surface area (Å²) in [5.74, 6) is -0.249. The fraction of sp³-hybridized carbons (Fsp3) is 0.174. The van der Waals surface area contributed by atoms with Crippen molar-refractivity contribution in [2.75, 3.05) is 11.9 Å². The number of furan rings is 1. The van der Waals surface area contributed by atoms with Crippen LogP contribution in [0.15, 0.2) is 52.9 Å². The van der Waals surface area contributed by atoms with Crippen molar-refractivity contribution >= 4 is 61.8 Å². The van der Waals surface area contributed by atoms with Crippen molar-refractivity contribution in [3.05, 3.63) is 69.9 Å². The molecule has 2 heterocycles. The highest BCUT2D eigenvalue weighted by Gasteiger charge is 2.17. The quantitative estimate of drug-likeness (QED) is 0.222. The SMILES string of the molecule is CCCCOC(=O)c1ccc2nc(NC(=O)c3ccc(-c4ccc(Cl)cc4Cl)o3)sc2c1. The fourth-order valence-corrected chi connectivity index (χ4v) is 4.35. The average Bonchev–Trinajstić information content (AvgIpc) is 3.40. The van der Waals surface area contributed by atoms with Crippen molar-refractivity contribution in [3.8, 4) is 11.3 Å². The first-order chi connectivity index (χ1) is 15.4. The Balaban J connectivity index is 1.48. The Kier molecular flexibility index (Phi) is 6.79. The molecule has 6 nitrogen and oxygen atoms in total. The summed E-state index contributed by atoms with van der Waals surface area (Å²) in [5.41, 5.74) is 1.75. The largest absolute Gasteiger partial charge is 0.462 e. The summed E-state index contributed by atoms with van der Waals surface area (Å²) >= 11 is 13.4. The Morgan fingerprint density at radius 3 is 2.75 bits per heavy atom. The molecule has 32 heavy (non-hydrogen) atoms. The molecule has 0 aliphatic rings. The number of aromatic nitrogens is 1. The van der Waals surface area contributed by atoms with E-state index in [9.17, 15) is 9.59 Å². The first-order valence-electron chi connectivity index (χ1n) is 9.89. The molecule has 0 spiro atoms. The zero-order valence-electron chi connectivity index (χ0n) is 17.0. The van der Waals surface area contributed by atoms with Crippen LogP contribution < -0.4 is 5.32 Å². The van der Waals surface area contributed by atoms with Crippen molar-refractivity contribution in [2.45, 2.75) is 19.8 Å².